The number of sulfonamides is 1. The first kappa shape index (κ1) is 16.2. The van der Waals surface area contributed by atoms with Gasteiger partial charge in [-0.05, 0) is 56.9 Å². The molecular weight excluding hydrogens is 306 g/mol. The molecule has 0 amide bonds. The van der Waals surface area contributed by atoms with E-state index in [1.807, 2.05) is 19.1 Å². The third kappa shape index (κ3) is 3.19. The highest BCUT2D eigenvalue weighted by Gasteiger charge is 2.31. The van der Waals surface area contributed by atoms with E-state index < -0.39 is 10.0 Å². The van der Waals surface area contributed by atoms with Crippen LogP contribution in [0.5, 0.6) is 0 Å². The van der Waals surface area contributed by atoms with Gasteiger partial charge in [-0.3, -0.25) is 0 Å². The van der Waals surface area contributed by atoms with E-state index in [-0.39, 0.29) is 0 Å². The Morgan fingerprint density at radius 2 is 1.65 bits per heavy atom. The Labute approximate surface area is 139 Å². The van der Waals surface area contributed by atoms with Gasteiger partial charge in [-0.25, -0.2) is 8.42 Å². The van der Waals surface area contributed by atoms with E-state index in [0.717, 1.165) is 24.0 Å². The maximum absolute atomic E-state index is 12.9. The maximum Gasteiger partial charge on any atom is 0.243 e. The van der Waals surface area contributed by atoms with E-state index >= 15 is 0 Å². The van der Waals surface area contributed by atoms with E-state index in [0.29, 0.717) is 18.0 Å². The van der Waals surface area contributed by atoms with Crippen LogP contribution in [0, 0.1) is 6.92 Å². The van der Waals surface area contributed by atoms with Crippen LogP contribution in [0.2, 0.25) is 0 Å². The smallest absolute Gasteiger partial charge is 0.207 e. The van der Waals surface area contributed by atoms with Gasteiger partial charge in [-0.1, -0.05) is 41.0 Å². The molecule has 0 N–H and O–H groups in total. The summed E-state index contributed by atoms with van der Waals surface area (Å²) in [6, 6.07) is 7.10. The van der Waals surface area contributed by atoms with Gasteiger partial charge in [-0.15, -0.1) is 0 Å². The first-order chi connectivity index (χ1) is 10.9. The van der Waals surface area contributed by atoms with Gasteiger partial charge in [0.05, 0.1) is 4.90 Å². The topological polar surface area (TPSA) is 37.4 Å². The normalized spacial score (nSPS) is 24.3. The van der Waals surface area contributed by atoms with Crippen molar-refractivity contribution >= 4 is 10.0 Å². The van der Waals surface area contributed by atoms with Gasteiger partial charge in [-0.2, -0.15) is 4.31 Å². The van der Waals surface area contributed by atoms with Gasteiger partial charge in [0, 0.05) is 13.1 Å². The molecule has 0 radical (unpaired) electrons. The highest BCUT2D eigenvalue weighted by Crippen LogP contribution is 2.31. The van der Waals surface area contributed by atoms with Gasteiger partial charge < -0.3 is 0 Å². The molecule has 4 heteroatoms. The Hall–Kier alpha value is -1.65. The van der Waals surface area contributed by atoms with Gasteiger partial charge in [0.1, 0.15) is 0 Å². The highest BCUT2D eigenvalue weighted by atomic mass is 32.2. The number of allylic oxidation sites excluding steroid dienone is 3. The number of hydrogen-bond acceptors (Lipinski definition) is 2. The number of hydrogen-bond donors (Lipinski definition) is 0. The second-order valence-electron chi connectivity index (χ2n) is 6.56. The molecule has 0 spiro atoms. The van der Waals surface area contributed by atoms with Crippen LogP contribution in [0.4, 0.5) is 0 Å². The predicted octanol–water partition coefficient (Wildman–Crippen LogP) is 3.98. The lowest BCUT2D eigenvalue weighted by atomic mass is 9.95. The Morgan fingerprint density at radius 1 is 0.957 bits per heavy atom. The van der Waals surface area contributed by atoms with Crippen LogP contribution in [-0.2, 0) is 10.0 Å². The summed E-state index contributed by atoms with van der Waals surface area (Å²) in [6.07, 6.45) is 6.09. The van der Waals surface area contributed by atoms with Crippen molar-refractivity contribution in [2.24, 2.45) is 0 Å². The van der Waals surface area contributed by atoms with Gasteiger partial charge in [0.2, 0.25) is 10.0 Å². The van der Waals surface area contributed by atoms with E-state index in [9.17, 15) is 8.42 Å². The summed E-state index contributed by atoms with van der Waals surface area (Å²) in [7, 11) is -3.43. The van der Waals surface area contributed by atoms with Gasteiger partial charge in [0.15, 0.2) is 0 Å². The van der Waals surface area contributed by atoms with E-state index in [4.69, 9.17) is 0 Å². The molecule has 0 saturated heterocycles. The zero-order chi connectivity index (χ0) is 16.6. The molecule has 1 heterocycles. The zero-order valence-corrected chi connectivity index (χ0v) is 14.8. The predicted molar refractivity (Wildman–Crippen MR) is 93.7 cm³/mol. The molecule has 2 aliphatic rings. The summed E-state index contributed by atoms with van der Waals surface area (Å²) in [6.45, 7) is 7.24. The molecule has 3 rings (SSSR count). The third-order valence-electron chi connectivity index (χ3n) is 4.78. The summed E-state index contributed by atoms with van der Waals surface area (Å²) in [4.78, 5) is 0.381. The van der Waals surface area contributed by atoms with Crippen molar-refractivity contribution in [1.29, 1.82) is 0 Å². The summed E-state index contributed by atoms with van der Waals surface area (Å²) < 4.78 is 27.3. The average molecular weight is 329 g/mol. The zero-order valence-electron chi connectivity index (χ0n) is 14.0. The minimum atomic E-state index is -3.43. The molecule has 1 aliphatic heterocycles. The molecule has 1 aromatic rings. The second-order valence-corrected chi connectivity index (χ2v) is 8.50. The lowest BCUT2D eigenvalue weighted by Crippen LogP contribution is -2.29. The molecule has 1 aromatic carbocycles. The quantitative estimate of drug-likeness (QED) is 0.770. The van der Waals surface area contributed by atoms with Crippen LogP contribution >= 0.6 is 0 Å². The first-order valence-electron chi connectivity index (χ1n) is 7.97. The Morgan fingerprint density at radius 3 is 2.35 bits per heavy atom. The molecule has 1 aliphatic carbocycles. The van der Waals surface area contributed by atoms with Crippen LogP contribution in [0.1, 0.15) is 32.3 Å². The fourth-order valence-corrected chi connectivity index (χ4v) is 4.48. The Kier molecular flexibility index (Phi) is 4.30. The second kappa shape index (κ2) is 6.10. The van der Waals surface area contributed by atoms with Crippen molar-refractivity contribution < 1.29 is 8.42 Å². The van der Waals surface area contributed by atoms with Crippen LogP contribution < -0.4 is 0 Å². The minimum Gasteiger partial charge on any atom is -0.207 e. The summed E-state index contributed by atoms with van der Waals surface area (Å²) in [5.41, 5.74) is 6.19. The van der Waals surface area contributed by atoms with Crippen LogP contribution in [-0.4, -0.2) is 25.8 Å². The molecule has 0 fully saturated rings. The first-order valence-corrected chi connectivity index (χ1v) is 9.41. The molecular formula is C19H23NO2S. The third-order valence-corrected chi connectivity index (χ3v) is 6.58. The van der Waals surface area contributed by atoms with E-state index in [1.54, 1.807) is 16.4 Å². The van der Waals surface area contributed by atoms with Crippen molar-refractivity contribution in [3.05, 3.63) is 64.3 Å². The molecule has 3 nitrogen and oxygen atoms in total. The van der Waals surface area contributed by atoms with Crippen molar-refractivity contribution in [2.45, 2.75) is 38.5 Å². The SMILES string of the molecule is C/C1=C(\C)CC2=C(/C=C\C1)CN(S(=O)(=O)c1ccc(C)cc1)C2. The highest BCUT2D eigenvalue weighted by molar-refractivity contribution is 7.89. The average Bonchev–Trinajstić information content (AvgIpc) is 2.89. The van der Waals surface area contributed by atoms with Crippen LogP contribution in [0.25, 0.3) is 0 Å². The minimum absolute atomic E-state index is 0.381. The molecule has 0 aromatic heterocycles. The fraction of sp³-hybridized carbons (Fsp3) is 0.368. The van der Waals surface area contributed by atoms with Crippen LogP contribution in [0.15, 0.2) is 63.6 Å². The van der Waals surface area contributed by atoms with Crippen LogP contribution in [0.3, 0.4) is 0 Å². The van der Waals surface area contributed by atoms with Crippen molar-refractivity contribution in [3.63, 3.8) is 0 Å². The number of nitrogens with zero attached hydrogens (tertiary/aromatic N) is 1. The number of aryl methyl sites for hydroxylation is 1. The van der Waals surface area contributed by atoms with E-state index in [1.165, 1.54) is 16.7 Å². The largest absolute Gasteiger partial charge is 0.243 e. The fourth-order valence-electron chi connectivity index (χ4n) is 3.06. The lowest BCUT2D eigenvalue weighted by Gasteiger charge is -2.17. The van der Waals surface area contributed by atoms with E-state index in [2.05, 4.69) is 26.0 Å². The van der Waals surface area contributed by atoms with Gasteiger partial charge in [0.25, 0.3) is 0 Å². The van der Waals surface area contributed by atoms with Crippen molar-refractivity contribution in [2.75, 3.05) is 13.1 Å². The molecule has 0 unspecified atom stereocenters. The maximum atomic E-state index is 12.9. The molecule has 122 valence electrons. The summed E-state index contributed by atoms with van der Waals surface area (Å²) in [5.74, 6) is 0. The summed E-state index contributed by atoms with van der Waals surface area (Å²) in [5, 5.41) is 0. The lowest BCUT2D eigenvalue weighted by molar-refractivity contribution is 0.481. The number of rotatable bonds is 2. The summed E-state index contributed by atoms with van der Waals surface area (Å²) >= 11 is 0. The van der Waals surface area contributed by atoms with Crippen molar-refractivity contribution in [3.8, 4) is 0 Å². The standard InChI is InChI=1S/C19H23NO2S/c1-14-7-9-19(10-8-14)23(21,22)20-12-17-6-4-5-15(2)16(3)11-18(17)13-20/h4,6-10H,5,11-13H2,1-3H3/b6-4-,16-15-. The van der Waals surface area contributed by atoms with Gasteiger partial charge >= 0.3 is 0 Å². The monoisotopic (exact) mass is 329 g/mol. The molecule has 0 bridgehead atoms. The van der Waals surface area contributed by atoms with Crippen molar-refractivity contribution in [1.82, 2.24) is 4.31 Å². The molecule has 0 atom stereocenters. The Balaban J connectivity index is 1.87. The molecule has 0 saturated carbocycles. The molecule has 23 heavy (non-hydrogen) atoms. The number of benzene rings is 1. The Bertz CT molecular complexity index is 811.